The van der Waals surface area contributed by atoms with Gasteiger partial charge in [0, 0.05) is 29.3 Å². The van der Waals surface area contributed by atoms with E-state index in [9.17, 15) is 4.79 Å². The monoisotopic (exact) mass is 347 g/mol. The minimum atomic E-state index is -0.163. The Hall–Kier alpha value is -2.09. The van der Waals surface area contributed by atoms with Crippen molar-refractivity contribution in [3.8, 4) is 5.69 Å². The van der Waals surface area contributed by atoms with E-state index in [-0.39, 0.29) is 5.91 Å². The molecule has 0 aliphatic carbocycles. The molecule has 1 amide bonds. The van der Waals surface area contributed by atoms with Crippen molar-refractivity contribution in [3.63, 3.8) is 0 Å². The van der Waals surface area contributed by atoms with Gasteiger partial charge in [-0.25, -0.2) is 0 Å². The third-order valence-corrected chi connectivity index (χ3v) is 3.99. The number of hydrogen-bond acceptors (Lipinski definition) is 5. The van der Waals surface area contributed by atoms with Gasteiger partial charge < -0.3 is 9.88 Å². The van der Waals surface area contributed by atoms with Crippen molar-refractivity contribution in [3.05, 3.63) is 53.2 Å². The Bertz CT molecular complexity index is 708. The number of amides is 1. The molecule has 0 saturated heterocycles. The summed E-state index contributed by atoms with van der Waals surface area (Å²) < 4.78 is 3.46. The number of aromatic nitrogens is 1. The zero-order valence-corrected chi connectivity index (χ0v) is 14.4. The number of thiocarbonyl (C=S) groups is 1. The molecule has 0 spiro atoms. The van der Waals surface area contributed by atoms with Crippen molar-refractivity contribution in [2.45, 2.75) is 0 Å². The Kier molecular flexibility index (Phi) is 6.40. The Labute approximate surface area is 144 Å². The predicted octanol–water partition coefficient (Wildman–Crippen LogP) is 3.23. The van der Waals surface area contributed by atoms with E-state index in [1.165, 1.54) is 16.5 Å². The van der Waals surface area contributed by atoms with Crippen LogP contribution in [0.15, 0.2) is 47.5 Å². The number of hydrogen-bond donors (Lipinski definition) is 2. The number of rotatable bonds is 7. The van der Waals surface area contributed by atoms with Gasteiger partial charge in [0.1, 0.15) is 0 Å². The number of thioether (sulfide) groups is 1. The highest BCUT2D eigenvalue weighted by Crippen LogP contribution is 2.21. The molecule has 2 rings (SSSR count). The number of nitrogens with one attached hydrogen (secondary N) is 2. The van der Waals surface area contributed by atoms with Gasteiger partial charge in [-0.2, -0.15) is 0 Å². The van der Waals surface area contributed by atoms with Gasteiger partial charge >= 0.3 is 0 Å². The van der Waals surface area contributed by atoms with Crippen LogP contribution < -0.4 is 10.8 Å². The van der Waals surface area contributed by atoms with Crippen molar-refractivity contribution < 1.29 is 9.63 Å². The molecule has 1 aromatic heterocycles. The third kappa shape index (κ3) is 4.44. The molecule has 2 aromatic rings. The molecule has 7 heteroatoms. The van der Waals surface area contributed by atoms with Crippen LogP contribution in [0.25, 0.3) is 11.8 Å². The fourth-order valence-corrected chi connectivity index (χ4v) is 2.83. The number of anilines is 1. The van der Waals surface area contributed by atoms with Gasteiger partial charge in [-0.15, -0.1) is 0 Å². The van der Waals surface area contributed by atoms with E-state index in [1.807, 2.05) is 53.2 Å². The second-order valence-corrected chi connectivity index (χ2v) is 5.90. The first kappa shape index (κ1) is 17.3. The molecule has 23 heavy (non-hydrogen) atoms. The minimum Gasteiger partial charge on any atom is -0.355 e. The van der Waals surface area contributed by atoms with Crippen LogP contribution >= 0.6 is 24.0 Å². The number of carbonyl (C=O) groups is 1. The summed E-state index contributed by atoms with van der Waals surface area (Å²) in [6.45, 7) is 0. The van der Waals surface area contributed by atoms with E-state index in [1.54, 1.807) is 14.2 Å². The predicted molar refractivity (Wildman–Crippen MR) is 99.7 cm³/mol. The summed E-state index contributed by atoms with van der Waals surface area (Å²) >= 11 is 6.07. The van der Waals surface area contributed by atoms with Crippen LogP contribution in [-0.4, -0.2) is 29.3 Å². The third-order valence-electron chi connectivity index (χ3n) is 3.05. The quantitative estimate of drug-likeness (QED) is 0.457. The zero-order valence-electron chi connectivity index (χ0n) is 12.8. The van der Waals surface area contributed by atoms with Crippen molar-refractivity contribution >= 4 is 46.3 Å². The molecule has 0 fully saturated rings. The Morgan fingerprint density at radius 2 is 2.04 bits per heavy atom. The second-order valence-electron chi connectivity index (χ2n) is 4.46. The van der Waals surface area contributed by atoms with E-state index in [2.05, 4.69) is 10.8 Å². The lowest BCUT2D eigenvalue weighted by Crippen LogP contribution is -2.18. The standard InChI is InChI=1S/C16H17N3O2S2/c1-17-16(20)15(23-11-22)10-14-4-3-9-19(14)13-7-5-12(6-8-13)18-21-2/h3-11,18H,1-2H3,(H,17,20)/b15-10+. The molecule has 0 bridgehead atoms. The van der Waals surface area contributed by atoms with Gasteiger partial charge in [-0.1, -0.05) is 24.0 Å². The Morgan fingerprint density at radius 3 is 2.65 bits per heavy atom. The SMILES string of the molecule is CNC(=O)/C(=C\c1cccn1-c1ccc(NOC)cc1)SC=S. The lowest BCUT2D eigenvalue weighted by molar-refractivity contribution is -0.116. The first-order valence-corrected chi connectivity index (χ1v) is 8.15. The fraction of sp³-hybridized carbons (Fsp3) is 0.125. The number of carbonyl (C=O) groups excluding carboxylic acids is 1. The minimum absolute atomic E-state index is 0.163. The molecule has 0 aliphatic heterocycles. The number of nitrogens with zero attached hydrogens (tertiary/aromatic N) is 1. The lowest BCUT2D eigenvalue weighted by Gasteiger charge is -2.09. The van der Waals surface area contributed by atoms with E-state index < -0.39 is 0 Å². The lowest BCUT2D eigenvalue weighted by atomic mass is 10.2. The van der Waals surface area contributed by atoms with Gasteiger partial charge in [-0.3, -0.25) is 15.1 Å². The average Bonchev–Trinajstić information content (AvgIpc) is 3.03. The van der Waals surface area contributed by atoms with Gasteiger partial charge in [0.25, 0.3) is 5.91 Å². The molecule has 1 heterocycles. The topological polar surface area (TPSA) is 55.3 Å². The van der Waals surface area contributed by atoms with E-state index in [4.69, 9.17) is 17.1 Å². The normalized spacial score (nSPS) is 11.1. The highest BCUT2D eigenvalue weighted by molar-refractivity contribution is 8.24. The van der Waals surface area contributed by atoms with Crippen LogP contribution in [0.4, 0.5) is 5.69 Å². The zero-order chi connectivity index (χ0) is 16.7. The molecule has 0 atom stereocenters. The molecule has 0 unspecified atom stereocenters. The van der Waals surface area contributed by atoms with Crippen molar-refractivity contribution in [2.24, 2.45) is 0 Å². The highest BCUT2D eigenvalue weighted by Gasteiger charge is 2.09. The van der Waals surface area contributed by atoms with Gasteiger partial charge in [0.05, 0.1) is 17.7 Å². The van der Waals surface area contributed by atoms with E-state index >= 15 is 0 Å². The van der Waals surface area contributed by atoms with Crippen LogP contribution in [-0.2, 0) is 9.63 Å². The maximum absolute atomic E-state index is 11.9. The first-order chi connectivity index (χ1) is 11.2. The van der Waals surface area contributed by atoms with Crippen molar-refractivity contribution in [2.75, 3.05) is 19.6 Å². The smallest absolute Gasteiger partial charge is 0.257 e. The molecular weight excluding hydrogens is 330 g/mol. The van der Waals surface area contributed by atoms with Gasteiger partial charge in [-0.05, 0) is 42.5 Å². The van der Waals surface area contributed by atoms with Crippen LogP contribution in [0.5, 0.6) is 0 Å². The molecule has 0 aliphatic rings. The number of likely N-dealkylation sites (N-methyl/N-ethyl adjacent to an activating group) is 1. The Morgan fingerprint density at radius 1 is 1.30 bits per heavy atom. The van der Waals surface area contributed by atoms with Crippen molar-refractivity contribution in [1.82, 2.24) is 9.88 Å². The summed E-state index contributed by atoms with van der Waals surface area (Å²) in [6.07, 6.45) is 3.75. The van der Waals surface area contributed by atoms with Crippen LogP contribution in [0.2, 0.25) is 0 Å². The molecular formula is C16H17N3O2S2. The molecule has 120 valence electrons. The largest absolute Gasteiger partial charge is 0.355 e. The van der Waals surface area contributed by atoms with Gasteiger partial charge in [0.2, 0.25) is 0 Å². The molecule has 0 saturated carbocycles. The Balaban J connectivity index is 2.34. The van der Waals surface area contributed by atoms with Crippen LogP contribution in [0, 0.1) is 0 Å². The summed E-state index contributed by atoms with van der Waals surface area (Å²) in [4.78, 5) is 17.3. The average molecular weight is 347 g/mol. The fourth-order valence-electron chi connectivity index (χ4n) is 2.02. The van der Waals surface area contributed by atoms with Crippen molar-refractivity contribution in [1.29, 1.82) is 0 Å². The molecule has 2 N–H and O–H groups in total. The number of benzene rings is 1. The van der Waals surface area contributed by atoms with Crippen LogP contribution in [0.3, 0.4) is 0 Å². The summed E-state index contributed by atoms with van der Waals surface area (Å²) in [7, 11) is 3.16. The second kappa shape index (κ2) is 8.52. The molecule has 0 radical (unpaired) electrons. The maximum Gasteiger partial charge on any atom is 0.257 e. The molecule has 1 aromatic carbocycles. The first-order valence-electron chi connectivity index (χ1n) is 6.80. The summed E-state index contributed by atoms with van der Waals surface area (Å²) in [5.74, 6) is -0.163. The van der Waals surface area contributed by atoms with Crippen LogP contribution in [0.1, 0.15) is 5.69 Å². The van der Waals surface area contributed by atoms with E-state index in [0.29, 0.717) is 4.91 Å². The van der Waals surface area contributed by atoms with E-state index in [0.717, 1.165) is 17.1 Å². The summed E-state index contributed by atoms with van der Waals surface area (Å²) in [5, 5.41) is 2.62. The molecule has 5 nitrogen and oxygen atoms in total. The summed E-state index contributed by atoms with van der Waals surface area (Å²) in [6, 6.07) is 11.6. The summed E-state index contributed by atoms with van der Waals surface area (Å²) in [5.41, 5.74) is 5.50. The highest BCUT2D eigenvalue weighted by atomic mass is 32.2. The van der Waals surface area contributed by atoms with Gasteiger partial charge in [0.15, 0.2) is 0 Å². The maximum atomic E-state index is 11.9.